The number of phenolic OH excluding ortho intramolecular Hbond substituents is 1. The summed E-state index contributed by atoms with van der Waals surface area (Å²) in [6.07, 6.45) is -2.90. The van der Waals surface area contributed by atoms with Crippen LogP contribution in [-0.2, 0) is 0 Å². The first-order valence-electron chi connectivity index (χ1n) is 7.07. The molecule has 0 aliphatic rings. The van der Waals surface area contributed by atoms with Crippen molar-refractivity contribution >= 4 is 0 Å². The summed E-state index contributed by atoms with van der Waals surface area (Å²) in [4.78, 5) is 12.6. The van der Waals surface area contributed by atoms with Gasteiger partial charge >= 0.3 is 5.69 Å². The molecule has 1 aromatic carbocycles. The Morgan fingerprint density at radius 1 is 1.04 bits per heavy atom. The molecule has 0 saturated carbocycles. The van der Waals surface area contributed by atoms with Gasteiger partial charge in [-0.05, 0) is 44.4 Å². The molecule has 0 aliphatic carbocycles. The first-order chi connectivity index (χ1) is 10.6. The number of nitrogens with zero attached hydrogens (tertiary/aromatic N) is 4. The molecule has 0 fully saturated rings. The van der Waals surface area contributed by atoms with Crippen molar-refractivity contribution in [2.75, 3.05) is 19.1 Å². The number of hydrogen-bond acceptors (Lipinski definition) is 4. The fourth-order valence-electron chi connectivity index (χ4n) is 2.66. The Kier molecular flexibility index (Phi) is 4.19. The maximum Gasteiger partial charge on any atom is 0.369 e. The Balaban J connectivity index is 2.90. The van der Waals surface area contributed by atoms with Crippen LogP contribution in [0, 0.1) is 27.7 Å². The minimum Gasteiger partial charge on any atom is -0.507 e. The predicted molar refractivity (Wildman–Crippen MR) is 83.5 cm³/mol. The molecule has 0 bridgehead atoms. The van der Waals surface area contributed by atoms with E-state index in [9.17, 15) is 18.7 Å². The van der Waals surface area contributed by atoms with E-state index in [1.54, 1.807) is 27.7 Å². The minimum atomic E-state index is -2.90. The van der Waals surface area contributed by atoms with Gasteiger partial charge in [0.05, 0.1) is 5.69 Å². The summed E-state index contributed by atoms with van der Waals surface area (Å²) in [7, 11) is 2.97. The highest BCUT2D eigenvalue weighted by Gasteiger charge is 2.26. The second kappa shape index (κ2) is 5.68. The van der Waals surface area contributed by atoms with E-state index in [0.29, 0.717) is 22.4 Å². The average Bonchev–Trinajstić information content (AvgIpc) is 2.81. The quantitative estimate of drug-likeness (QED) is 0.938. The molecule has 1 heterocycles. The van der Waals surface area contributed by atoms with Crippen molar-refractivity contribution in [2.45, 2.75) is 34.1 Å². The third kappa shape index (κ3) is 2.47. The number of aromatic hydroxyl groups is 1. The highest BCUT2D eigenvalue weighted by atomic mass is 19.3. The summed E-state index contributed by atoms with van der Waals surface area (Å²) in [5.41, 5.74) is 2.24. The maximum atomic E-state index is 13.2. The molecule has 0 spiro atoms. The van der Waals surface area contributed by atoms with Crippen LogP contribution in [-0.4, -0.2) is 33.7 Å². The maximum absolute atomic E-state index is 13.2. The summed E-state index contributed by atoms with van der Waals surface area (Å²) >= 11 is 0. The van der Waals surface area contributed by atoms with Crippen molar-refractivity contribution < 1.29 is 13.9 Å². The van der Waals surface area contributed by atoms with Crippen LogP contribution in [0.4, 0.5) is 8.78 Å². The number of hydrogen-bond donors (Lipinski definition) is 1. The molecular formula is C15H20F2N4O2. The number of phenols is 1. The van der Waals surface area contributed by atoms with Gasteiger partial charge in [0.15, 0.2) is 0 Å². The zero-order chi connectivity index (χ0) is 17.6. The summed E-state index contributed by atoms with van der Waals surface area (Å²) in [6, 6.07) is 0. The van der Waals surface area contributed by atoms with Gasteiger partial charge in [0.1, 0.15) is 5.75 Å². The number of rotatable bonds is 3. The van der Waals surface area contributed by atoms with Crippen LogP contribution in [0.1, 0.15) is 34.5 Å². The van der Waals surface area contributed by atoms with Crippen LogP contribution in [0.3, 0.4) is 0 Å². The summed E-state index contributed by atoms with van der Waals surface area (Å²) in [5, 5.41) is 15.3. The van der Waals surface area contributed by atoms with Crippen molar-refractivity contribution in [2.24, 2.45) is 0 Å². The summed E-state index contributed by atoms with van der Waals surface area (Å²) in [5.74, 6) is -0.607. The summed E-state index contributed by atoms with van der Waals surface area (Å²) < 4.78 is 28.2. The lowest BCUT2D eigenvalue weighted by Crippen LogP contribution is -2.38. The molecule has 0 amide bonds. The van der Waals surface area contributed by atoms with E-state index in [0.717, 1.165) is 14.9 Å². The molecule has 0 saturated heterocycles. The topological polar surface area (TPSA) is 63.3 Å². The zero-order valence-electron chi connectivity index (χ0n) is 14.0. The molecule has 2 aromatic rings. The molecule has 0 atom stereocenters. The minimum absolute atomic E-state index is 0.0352. The second-order valence-corrected chi connectivity index (χ2v) is 5.71. The molecular weight excluding hydrogens is 306 g/mol. The molecule has 0 unspecified atom stereocenters. The van der Waals surface area contributed by atoms with Crippen LogP contribution in [0.2, 0.25) is 0 Å². The Morgan fingerprint density at radius 3 is 2.04 bits per heavy atom. The number of aromatic nitrogens is 3. The zero-order valence-corrected chi connectivity index (χ0v) is 14.0. The van der Waals surface area contributed by atoms with Crippen LogP contribution in [0.25, 0.3) is 5.69 Å². The van der Waals surface area contributed by atoms with Crippen molar-refractivity contribution in [1.82, 2.24) is 14.5 Å². The Hall–Kier alpha value is -2.38. The van der Waals surface area contributed by atoms with Crippen molar-refractivity contribution in [1.29, 1.82) is 0 Å². The Labute approximate surface area is 132 Å². The third-order valence-corrected chi connectivity index (χ3v) is 4.13. The molecule has 23 heavy (non-hydrogen) atoms. The van der Waals surface area contributed by atoms with Gasteiger partial charge in [-0.3, -0.25) is 0 Å². The smallest absolute Gasteiger partial charge is 0.369 e. The SMILES string of the molecule is Cc1c(C)c(O)c(C)c(-n2nc(C(F)F)n(N(C)C)c2=O)c1C. The highest BCUT2D eigenvalue weighted by molar-refractivity contribution is 5.60. The highest BCUT2D eigenvalue weighted by Crippen LogP contribution is 2.33. The van der Waals surface area contributed by atoms with Crippen molar-refractivity contribution in [3.63, 3.8) is 0 Å². The normalized spacial score (nSPS) is 11.3. The molecule has 2 rings (SSSR count). The van der Waals surface area contributed by atoms with Crippen LogP contribution in [0.15, 0.2) is 4.79 Å². The number of benzene rings is 1. The predicted octanol–water partition coefficient (Wildman–Crippen LogP) is 2.11. The van der Waals surface area contributed by atoms with Gasteiger partial charge < -0.3 is 10.1 Å². The molecule has 0 radical (unpaired) electrons. The average molecular weight is 326 g/mol. The molecule has 6 nitrogen and oxygen atoms in total. The van der Waals surface area contributed by atoms with Crippen molar-refractivity contribution in [3.05, 3.63) is 38.6 Å². The van der Waals surface area contributed by atoms with Gasteiger partial charge in [-0.15, -0.1) is 5.10 Å². The van der Waals surface area contributed by atoms with E-state index < -0.39 is 17.9 Å². The number of alkyl halides is 2. The van der Waals surface area contributed by atoms with E-state index in [1.165, 1.54) is 19.1 Å². The van der Waals surface area contributed by atoms with Crippen molar-refractivity contribution in [3.8, 4) is 11.4 Å². The van der Waals surface area contributed by atoms with E-state index in [2.05, 4.69) is 5.10 Å². The lowest BCUT2D eigenvalue weighted by molar-refractivity contribution is 0.134. The Morgan fingerprint density at radius 2 is 1.61 bits per heavy atom. The number of halogens is 2. The van der Waals surface area contributed by atoms with E-state index >= 15 is 0 Å². The second-order valence-electron chi connectivity index (χ2n) is 5.71. The van der Waals surface area contributed by atoms with Crippen LogP contribution in [0.5, 0.6) is 5.75 Å². The first-order valence-corrected chi connectivity index (χ1v) is 7.07. The largest absolute Gasteiger partial charge is 0.507 e. The van der Waals surface area contributed by atoms with Gasteiger partial charge in [-0.2, -0.15) is 9.36 Å². The molecule has 1 N–H and O–H groups in total. The first kappa shape index (κ1) is 17.0. The van der Waals surface area contributed by atoms with E-state index in [4.69, 9.17) is 0 Å². The van der Waals surface area contributed by atoms with E-state index in [-0.39, 0.29) is 5.75 Å². The fourth-order valence-corrected chi connectivity index (χ4v) is 2.66. The lowest BCUT2D eigenvalue weighted by Gasteiger charge is -2.16. The molecule has 126 valence electrons. The standard InChI is InChI=1S/C15H20F2N4O2/c1-7-8(2)11(10(4)12(22)9(7)3)20-15(23)21(19(5)6)14(18-20)13(16)17/h13,22H,1-6H3. The van der Waals surface area contributed by atoms with E-state index in [1.807, 2.05) is 0 Å². The molecule has 1 aromatic heterocycles. The Bertz CT molecular complexity index is 793. The van der Waals surface area contributed by atoms with Gasteiger partial charge in [0.2, 0.25) is 5.82 Å². The van der Waals surface area contributed by atoms with Crippen LogP contribution >= 0.6 is 0 Å². The van der Waals surface area contributed by atoms with Gasteiger partial charge in [0.25, 0.3) is 6.43 Å². The van der Waals surface area contributed by atoms with Gasteiger partial charge in [-0.25, -0.2) is 13.6 Å². The molecule has 0 aliphatic heterocycles. The monoisotopic (exact) mass is 326 g/mol. The van der Waals surface area contributed by atoms with Gasteiger partial charge in [-0.1, -0.05) is 0 Å². The lowest BCUT2D eigenvalue weighted by atomic mass is 9.97. The molecule has 8 heteroatoms. The summed E-state index contributed by atoms with van der Waals surface area (Å²) in [6.45, 7) is 6.97. The van der Waals surface area contributed by atoms with Gasteiger partial charge in [0, 0.05) is 19.7 Å². The third-order valence-electron chi connectivity index (χ3n) is 4.13. The fraction of sp³-hybridized carbons (Fsp3) is 0.467. The van der Waals surface area contributed by atoms with Crippen LogP contribution < -0.4 is 10.7 Å².